The lowest BCUT2D eigenvalue weighted by Gasteiger charge is -2.08. The van der Waals surface area contributed by atoms with Crippen LogP contribution in [0.3, 0.4) is 0 Å². The van der Waals surface area contributed by atoms with Crippen LogP contribution >= 0.6 is 0 Å². The molecule has 20 heavy (non-hydrogen) atoms. The van der Waals surface area contributed by atoms with Gasteiger partial charge < -0.3 is 5.73 Å². The van der Waals surface area contributed by atoms with Crippen molar-refractivity contribution in [1.29, 1.82) is 0 Å². The summed E-state index contributed by atoms with van der Waals surface area (Å²) in [6, 6.07) is 5.87. The Labute approximate surface area is 113 Å². The molecule has 1 aromatic carbocycles. The van der Waals surface area contributed by atoms with Crippen molar-refractivity contribution in [1.82, 2.24) is 4.98 Å². The zero-order valence-electron chi connectivity index (χ0n) is 10.3. The second-order valence-electron chi connectivity index (χ2n) is 4.25. The molecule has 0 aliphatic heterocycles. The molecular weight excluding hydrogens is 269 g/mol. The van der Waals surface area contributed by atoms with Gasteiger partial charge in [-0.3, -0.25) is 9.78 Å². The molecule has 0 unspecified atom stereocenters. The highest BCUT2D eigenvalue weighted by Gasteiger charge is 2.30. The standard InChI is InChI=1S/C14H11F3N2O/c15-14(16,17)11-3-1-2-9(6-11)13(20)7-10-8-19-5-4-12(10)18/h1-6,8H,7H2,(H2,18,19). The number of hydrogen-bond donors (Lipinski definition) is 1. The first kappa shape index (κ1) is 14.0. The number of alkyl halides is 3. The van der Waals surface area contributed by atoms with Crippen molar-refractivity contribution in [3.8, 4) is 0 Å². The van der Waals surface area contributed by atoms with Crippen LogP contribution in [0.1, 0.15) is 21.5 Å². The van der Waals surface area contributed by atoms with E-state index >= 15 is 0 Å². The van der Waals surface area contributed by atoms with Crippen molar-refractivity contribution in [2.45, 2.75) is 12.6 Å². The molecule has 0 amide bonds. The third-order valence-electron chi connectivity index (χ3n) is 2.80. The number of Topliss-reactive ketones (excluding diaryl/α,β-unsaturated/α-hetero) is 1. The Morgan fingerprint density at radius 1 is 1.25 bits per heavy atom. The number of anilines is 1. The number of pyridine rings is 1. The number of carbonyl (C=O) groups excluding carboxylic acids is 1. The van der Waals surface area contributed by atoms with Gasteiger partial charge in [-0.2, -0.15) is 13.2 Å². The number of nitrogens with zero attached hydrogens (tertiary/aromatic N) is 1. The minimum absolute atomic E-state index is 0.00285. The van der Waals surface area contributed by atoms with E-state index in [4.69, 9.17) is 5.73 Å². The molecule has 0 saturated carbocycles. The van der Waals surface area contributed by atoms with Crippen LogP contribution in [-0.2, 0) is 12.6 Å². The van der Waals surface area contributed by atoms with E-state index in [1.54, 1.807) is 0 Å². The van der Waals surface area contributed by atoms with Gasteiger partial charge in [0, 0.05) is 35.6 Å². The first-order chi connectivity index (χ1) is 9.38. The molecule has 0 fully saturated rings. The molecular formula is C14H11F3N2O. The van der Waals surface area contributed by atoms with Gasteiger partial charge in [-0.05, 0) is 18.2 Å². The summed E-state index contributed by atoms with van der Waals surface area (Å²) in [4.78, 5) is 15.8. The number of nitrogens with two attached hydrogens (primary N) is 1. The number of halogens is 3. The van der Waals surface area contributed by atoms with Gasteiger partial charge in [0.25, 0.3) is 0 Å². The van der Waals surface area contributed by atoms with Crippen LogP contribution in [-0.4, -0.2) is 10.8 Å². The lowest BCUT2D eigenvalue weighted by Crippen LogP contribution is -2.10. The predicted octanol–water partition coefficient (Wildman–Crippen LogP) is 3.11. The molecule has 0 aliphatic rings. The lowest BCUT2D eigenvalue weighted by atomic mass is 10.0. The summed E-state index contributed by atoms with van der Waals surface area (Å²) in [5, 5.41) is 0. The highest BCUT2D eigenvalue weighted by Crippen LogP contribution is 2.29. The zero-order chi connectivity index (χ0) is 14.8. The molecule has 104 valence electrons. The number of aromatic nitrogens is 1. The number of hydrogen-bond acceptors (Lipinski definition) is 3. The van der Waals surface area contributed by atoms with Crippen LogP contribution in [0.15, 0.2) is 42.7 Å². The fourth-order valence-corrected chi connectivity index (χ4v) is 1.73. The van der Waals surface area contributed by atoms with Crippen LogP contribution in [0, 0.1) is 0 Å². The Kier molecular flexibility index (Phi) is 3.74. The van der Waals surface area contributed by atoms with Crippen LogP contribution < -0.4 is 5.73 Å². The number of benzene rings is 1. The van der Waals surface area contributed by atoms with Gasteiger partial charge in [-0.1, -0.05) is 12.1 Å². The fraction of sp³-hybridized carbons (Fsp3) is 0.143. The Balaban J connectivity index is 2.24. The van der Waals surface area contributed by atoms with Crippen LogP contribution in [0.2, 0.25) is 0 Å². The van der Waals surface area contributed by atoms with Crippen LogP contribution in [0.4, 0.5) is 18.9 Å². The average Bonchev–Trinajstić information content (AvgIpc) is 2.40. The smallest absolute Gasteiger partial charge is 0.398 e. The van der Waals surface area contributed by atoms with Gasteiger partial charge in [0.1, 0.15) is 0 Å². The van der Waals surface area contributed by atoms with E-state index in [0.29, 0.717) is 11.3 Å². The molecule has 2 N–H and O–H groups in total. The molecule has 0 aliphatic carbocycles. The Hall–Kier alpha value is -2.37. The van der Waals surface area contributed by atoms with E-state index < -0.39 is 17.5 Å². The normalized spacial score (nSPS) is 11.3. The molecule has 0 bridgehead atoms. The molecule has 2 rings (SSSR count). The highest BCUT2D eigenvalue weighted by molar-refractivity contribution is 5.98. The van der Waals surface area contributed by atoms with E-state index in [-0.39, 0.29) is 12.0 Å². The van der Waals surface area contributed by atoms with Gasteiger partial charge in [0.05, 0.1) is 5.56 Å². The lowest BCUT2D eigenvalue weighted by molar-refractivity contribution is -0.137. The van der Waals surface area contributed by atoms with E-state index in [1.807, 2.05) is 0 Å². The van der Waals surface area contributed by atoms with Crippen molar-refractivity contribution >= 4 is 11.5 Å². The Bertz CT molecular complexity index is 638. The largest absolute Gasteiger partial charge is 0.416 e. The second kappa shape index (κ2) is 5.32. The monoisotopic (exact) mass is 280 g/mol. The first-order valence-electron chi connectivity index (χ1n) is 5.77. The molecule has 1 heterocycles. The Morgan fingerprint density at radius 3 is 2.65 bits per heavy atom. The van der Waals surface area contributed by atoms with E-state index in [9.17, 15) is 18.0 Å². The van der Waals surface area contributed by atoms with Gasteiger partial charge in [0.15, 0.2) is 5.78 Å². The molecule has 0 radical (unpaired) electrons. The van der Waals surface area contributed by atoms with Crippen molar-refractivity contribution in [2.24, 2.45) is 0 Å². The number of carbonyl (C=O) groups is 1. The molecule has 6 heteroatoms. The number of nitrogen functional groups attached to an aromatic ring is 1. The van der Waals surface area contributed by atoms with E-state index in [1.165, 1.54) is 30.6 Å². The summed E-state index contributed by atoms with van der Waals surface area (Å²) in [5.74, 6) is -0.434. The van der Waals surface area contributed by atoms with Crippen molar-refractivity contribution in [3.63, 3.8) is 0 Å². The summed E-state index contributed by atoms with van der Waals surface area (Å²) in [7, 11) is 0. The minimum Gasteiger partial charge on any atom is -0.398 e. The molecule has 0 atom stereocenters. The van der Waals surface area contributed by atoms with Gasteiger partial charge in [-0.25, -0.2) is 0 Å². The van der Waals surface area contributed by atoms with Gasteiger partial charge in [-0.15, -0.1) is 0 Å². The molecule has 1 aromatic heterocycles. The van der Waals surface area contributed by atoms with Crippen LogP contribution in [0.5, 0.6) is 0 Å². The quantitative estimate of drug-likeness (QED) is 0.879. The number of ketones is 1. The second-order valence-corrected chi connectivity index (χ2v) is 4.25. The molecule has 3 nitrogen and oxygen atoms in total. The topological polar surface area (TPSA) is 56.0 Å². The maximum Gasteiger partial charge on any atom is 0.416 e. The maximum atomic E-state index is 12.6. The predicted molar refractivity (Wildman–Crippen MR) is 68.1 cm³/mol. The average molecular weight is 280 g/mol. The Morgan fingerprint density at radius 2 is 2.00 bits per heavy atom. The fourth-order valence-electron chi connectivity index (χ4n) is 1.73. The van der Waals surface area contributed by atoms with E-state index in [0.717, 1.165) is 12.1 Å². The summed E-state index contributed by atoms with van der Waals surface area (Å²) in [6.45, 7) is 0. The first-order valence-corrected chi connectivity index (χ1v) is 5.77. The molecule has 2 aromatic rings. The highest BCUT2D eigenvalue weighted by atomic mass is 19.4. The third kappa shape index (κ3) is 3.14. The van der Waals surface area contributed by atoms with Crippen molar-refractivity contribution in [3.05, 3.63) is 59.4 Å². The minimum atomic E-state index is -4.47. The summed E-state index contributed by atoms with van der Waals surface area (Å²) < 4.78 is 37.7. The van der Waals surface area contributed by atoms with Gasteiger partial charge in [0.2, 0.25) is 0 Å². The van der Waals surface area contributed by atoms with Gasteiger partial charge >= 0.3 is 6.18 Å². The van der Waals surface area contributed by atoms with Crippen LogP contribution in [0.25, 0.3) is 0 Å². The SMILES string of the molecule is Nc1ccncc1CC(=O)c1cccc(C(F)(F)F)c1. The third-order valence-corrected chi connectivity index (χ3v) is 2.80. The molecule has 0 saturated heterocycles. The maximum absolute atomic E-state index is 12.6. The summed E-state index contributed by atoms with van der Waals surface area (Å²) >= 11 is 0. The zero-order valence-corrected chi connectivity index (χ0v) is 10.3. The van der Waals surface area contributed by atoms with Crippen molar-refractivity contribution < 1.29 is 18.0 Å². The van der Waals surface area contributed by atoms with E-state index in [2.05, 4.69) is 4.98 Å². The summed E-state index contributed by atoms with van der Waals surface area (Å²) in [5.41, 5.74) is 5.72. The summed E-state index contributed by atoms with van der Waals surface area (Å²) in [6.07, 6.45) is -1.64. The molecule has 0 spiro atoms. The number of rotatable bonds is 3. The van der Waals surface area contributed by atoms with Crippen molar-refractivity contribution in [2.75, 3.05) is 5.73 Å².